The third-order valence-corrected chi connectivity index (χ3v) is 3.22. The molecule has 0 aliphatic heterocycles. The monoisotopic (exact) mass is 257 g/mol. The minimum atomic E-state index is 0.797. The summed E-state index contributed by atoms with van der Waals surface area (Å²) < 4.78 is 7.20. The van der Waals surface area contributed by atoms with Crippen LogP contribution in [0.2, 0.25) is 0 Å². The summed E-state index contributed by atoms with van der Waals surface area (Å²) in [4.78, 5) is 4.32. The lowest BCUT2D eigenvalue weighted by molar-refractivity contribution is 0.190. The quantitative estimate of drug-likeness (QED) is 0.654. The predicted molar refractivity (Wildman–Crippen MR) is 74.8 cm³/mol. The summed E-state index contributed by atoms with van der Waals surface area (Å²) in [5.41, 5.74) is 0. The summed E-state index contributed by atoms with van der Waals surface area (Å²) in [6, 6.07) is 0. The number of hydrogen-bond donors (Lipinski definition) is 1. The van der Waals surface area contributed by atoms with Crippen molar-refractivity contribution in [3.63, 3.8) is 0 Å². The second kappa shape index (κ2) is 9.36. The molecule has 0 spiro atoms. The van der Waals surface area contributed by atoms with Crippen molar-refractivity contribution >= 4 is 17.7 Å². The van der Waals surface area contributed by atoms with Gasteiger partial charge in [-0.15, -0.1) is 0 Å². The van der Waals surface area contributed by atoms with Crippen molar-refractivity contribution in [3.05, 3.63) is 12.4 Å². The minimum absolute atomic E-state index is 0.797. The van der Waals surface area contributed by atoms with Crippen LogP contribution in [0.4, 0.5) is 5.95 Å². The van der Waals surface area contributed by atoms with Gasteiger partial charge >= 0.3 is 0 Å². The van der Waals surface area contributed by atoms with Gasteiger partial charge in [0.15, 0.2) is 0 Å². The van der Waals surface area contributed by atoms with Crippen LogP contribution < -0.4 is 5.32 Å². The van der Waals surface area contributed by atoms with E-state index < -0.39 is 0 Å². The Balaban J connectivity index is 2.20. The highest BCUT2D eigenvalue weighted by atomic mass is 32.2. The topological polar surface area (TPSA) is 39.1 Å². The van der Waals surface area contributed by atoms with Crippen LogP contribution in [0.3, 0.4) is 0 Å². The molecule has 1 aromatic rings. The zero-order chi connectivity index (χ0) is 12.3. The molecule has 0 bridgehead atoms. The van der Waals surface area contributed by atoms with Gasteiger partial charge in [-0.1, -0.05) is 0 Å². The summed E-state index contributed by atoms with van der Waals surface area (Å²) in [7, 11) is 1.73. The zero-order valence-electron chi connectivity index (χ0n) is 10.8. The first-order chi connectivity index (χ1) is 8.38. The molecule has 0 saturated carbocycles. The Morgan fingerprint density at radius 2 is 2.29 bits per heavy atom. The maximum Gasteiger partial charge on any atom is 0.202 e. The molecule has 0 aliphatic rings. The van der Waals surface area contributed by atoms with Crippen molar-refractivity contribution < 1.29 is 4.74 Å². The molecule has 0 aromatic carbocycles. The number of methoxy groups -OCH3 is 1. The fraction of sp³-hybridized carbons (Fsp3) is 0.750. The van der Waals surface area contributed by atoms with E-state index in [2.05, 4.69) is 21.1 Å². The number of aromatic nitrogens is 2. The Kier molecular flexibility index (Phi) is 7.92. The Labute approximate surface area is 108 Å². The first kappa shape index (κ1) is 14.4. The van der Waals surface area contributed by atoms with E-state index in [0.717, 1.165) is 32.1 Å². The van der Waals surface area contributed by atoms with Crippen LogP contribution >= 0.6 is 11.8 Å². The lowest BCUT2D eigenvalue weighted by atomic mass is 10.3. The number of unbranched alkanes of at least 4 members (excludes halogenated alkanes) is 1. The first-order valence-electron chi connectivity index (χ1n) is 6.11. The SMILES string of the molecule is COCCCn1ccnc1NCCCCSC. The van der Waals surface area contributed by atoms with Crippen LogP contribution in [0, 0.1) is 0 Å². The lowest BCUT2D eigenvalue weighted by Crippen LogP contribution is -2.10. The average molecular weight is 257 g/mol. The number of ether oxygens (including phenoxy) is 1. The van der Waals surface area contributed by atoms with E-state index in [1.807, 2.05) is 24.2 Å². The molecule has 0 atom stereocenters. The van der Waals surface area contributed by atoms with Gasteiger partial charge in [-0.05, 0) is 31.3 Å². The summed E-state index contributed by atoms with van der Waals surface area (Å²) >= 11 is 1.90. The highest BCUT2D eigenvalue weighted by molar-refractivity contribution is 7.98. The summed E-state index contributed by atoms with van der Waals surface area (Å²) in [5, 5.41) is 3.38. The number of hydrogen-bond acceptors (Lipinski definition) is 4. The second-order valence-electron chi connectivity index (χ2n) is 3.92. The van der Waals surface area contributed by atoms with Gasteiger partial charge in [-0.25, -0.2) is 4.98 Å². The molecular weight excluding hydrogens is 234 g/mol. The second-order valence-corrected chi connectivity index (χ2v) is 4.90. The van der Waals surface area contributed by atoms with Gasteiger partial charge in [0.1, 0.15) is 0 Å². The Bertz CT molecular complexity index is 291. The molecule has 1 rings (SSSR count). The van der Waals surface area contributed by atoms with E-state index in [-0.39, 0.29) is 0 Å². The van der Waals surface area contributed by atoms with Crippen molar-refractivity contribution in [2.24, 2.45) is 0 Å². The van der Waals surface area contributed by atoms with Crippen LogP contribution in [0.25, 0.3) is 0 Å². The molecule has 4 nitrogen and oxygen atoms in total. The number of anilines is 1. The molecule has 0 fully saturated rings. The van der Waals surface area contributed by atoms with Crippen LogP contribution in [-0.4, -0.2) is 41.8 Å². The number of nitrogens with zero attached hydrogens (tertiary/aromatic N) is 2. The molecule has 98 valence electrons. The molecule has 1 heterocycles. The molecule has 5 heteroatoms. The molecule has 0 saturated heterocycles. The minimum Gasteiger partial charge on any atom is -0.385 e. The van der Waals surface area contributed by atoms with E-state index in [4.69, 9.17) is 4.74 Å². The first-order valence-corrected chi connectivity index (χ1v) is 7.50. The number of imidazole rings is 1. The van der Waals surface area contributed by atoms with Crippen LogP contribution in [-0.2, 0) is 11.3 Å². The van der Waals surface area contributed by atoms with E-state index >= 15 is 0 Å². The van der Waals surface area contributed by atoms with Gasteiger partial charge in [0.05, 0.1) is 0 Å². The van der Waals surface area contributed by atoms with E-state index in [1.165, 1.54) is 18.6 Å². The third-order valence-electron chi connectivity index (χ3n) is 2.52. The fourth-order valence-electron chi connectivity index (χ4n) is 1.61. The van der Waals surface area contributed by atoms with Crippen molar-refractivity contribution in [2.75, 3.05) is 37.6 Å². The molecule has 0 aliphatic carbocycles. The smallest absolute Gasteiger partial charge is 0.202 e. The Hall–Kier alpha value is -0.680. The highest BCUT2D eigenvalue weighted by Crippen LogP contribution is 2.06. The summed E-state index contributed by atoms with van der Waals surface area (Å²) in [6.45, 7) is 2.76. The number of aryl methyl sites for hydroxylation is 1. The summed E-state index contributed by atoms with van der Waals surface area (Å²) in [5.74, 6) is 2.22. The molecule has 0 radical (unpaired) electrons. The maximum atomic E-state index is 5.05. The van der Waals surface area contributed by atoms with Crippen molar-refractivity contribution in [2.45, 2.75) is 25.8 Å². The molecule has 0 amide bonds. The van der Waals surface area contributed by atoms with E-state index in [9.17, 15) is 0 Å². The van der Waals surface area contributed by atoms with Crippen molar-refractivity contribution in [1.29, 1.82) is 0 Å². The largest absolute Gasteiger partial charge is 0.385 e. The number of thioether (sulfide) groups is 1. The van der Waals surface area contributed by atoms with Crippen molar-refractivity contribution in [3.8, 4) is 0 Å². The Morgan fingerprint density at radius 3 is 3.06 bits per heavy atom. The lowest BCUT2D eigenvalue weighted by Gasteiger charge is -2.09. The van der Waals surface area contributed by atoms with Crippen molar-refractivity contribution in [1.82, 2.24) is 9.55 Å². The number of nitrogens with one attached hydrogen (secondary N) is 1. The molecule has 1 N–H and O–H groups in total. The highest BCUT2D eigenvalue weighted by Gasteiger charge is 2.00. The predicted octanol–water partition coefficient (Wildman–Crippen LogP) is 2.47. The van der Waals surface area contributed by atoms with Gasteiger partial charge < -0.3 is 14.6 Å². The van der Waals surface area contributed by atoms with Crippen LogP contribution in [0.15, 0.2) is 12.4 Å². The van der Waals surface area contributed by atoms with E-state index in [0.29, 0.717) is 0 Å². The fourth-order valence-corrected chi connectivity index (χ4v) is 2.10. The van der Waals surface area contributed by atoms with Gasteiger partial charge in [-0.2, -0.15) is 11.8 Å². The van der Waals surface area contributed by atoms with Gasteiger partial charge in [0, 0.05) is 39.2 Å². The van der Waals surface area contributed by atoms with Gasteiger partial charge in [0.25, 0.3) is 0 Å². The summed E-state index contributed by atoms with van der Waals surface area (Å²) in [6.07, 6.45) is 9.49. The molecule has 0 unspecified atom stereocenters. The normalized spacial score (nSPS) is 10.7. The maximum absolute atomic E-state index is 5.05. The van der Waals surface area contributed by atoms with E-state index in [1.54, 1.807) is 7.11 Å². The molecule has 17 heavy (non-hydrogen) atoms. The Morgan fingerprint density at radius 1 is 1.41 bits per heavy atom. The van der Waals surface area contributed by atoms with Gasteiger partial charge in [0.2, 0.25) is 5.95 Å². The van der Waals surface area contributed by atoms with Crippen LogP contribution in [0.5, 0.6) is 0 Å². The van der Waals surface area contributed by atoms with Gasteiger partial charge in [-0.3, -0.25) is 0 Å². The van der Waals surface area contributed by atoms with Crippen LogP contribution in [0.1, 0.15) is 19.3 Å². The standard InChI is InChI=1S/C12H23N3OS/c1-16-10-5-8-15-9-7-14-12(15)13-6-3-4-11-17-2/h7,9H,3-6,8,10-11H2,1-2H3,(H,13,14). The zero-order valence-corrected chi connectivity index (χ0v) is 11.6. The third kappa shape index (κ3) is 5.98. The average Bonchev–Trinajstić information content (AvgIpc) is 2.77. The number of rotatable bonds is 10. The molecule has 1 aromatic heterocycles. The molecular formula is C12H23N3OS.